The van der Waals surface area contributed by atoms with Gasteiger partial charge >= 0.3 is 0 Å². The molecule has 2 rings (SSSR count). The molecular formula is C17H20FN. The summed E-state index contributed by atoms with van der Waals surface area (Å²) in [5.74, 6) is 0. The third kappa shape index (κ3) is 3.19. The van der Waals surface area contributed by atoms with E-state index in [9.17, 15) is 4.39 Å². The molecule has 0 aliphatic heterocycles. The number of rotatable bonds is 2. The highest BCUT2D eigenvalue weighted by molar-refractivity contribution is 5.60. The van der Waals surface area contributed by atoms with Gasteiger partial charge in [-0.15, -0.1) is 0 Å². The van der Waals surface area contributed by atoms with Crippen LogP contribution in [0.5, 0.6) is 0 Å². The highest BCUT2D eigenvalue weighted by atomic mass is 19.1. The maximum Gasteiger partial charge on any atom is 0.122 e. The van der Waals surface area contributed by atoms with E-state index in [1.54, 1.807) is 13.0 Å². The van der Waals surface area contributed by atoms with Crippen molar-refractivity contribution in [1.82, 2.24) is 4.98 Å². The van der Waals surface area contributed by atoms with Gasteiger partial charge in [0, 0.05) is 11.8 Å². The molecule has 0 aliphatic rings. The summed E-state index contributed by atoms with van der Waals surface area (Å²) in [6, 6.07) is 11.6. The predicted octanol–water partition coefficient (Wildman–Crippen LogP) is 5.08. The van der Waals surface area contributed by atoms with Crippen LogP contribution in [0.2, 0.25) is 0 Å². The Labute approximate surface area is 114 Å². The van der Waals surface area contributed by atoms with E-state index < -0.39 is 6.17 Å². The van der Waals surface area contributed by atoms with Gasteiger partial charge < -0.3 is 0 Å². The number of hydrogen-bond acceptors (Lipinski definition) is 1. The van der Waals surface area contributed by atoms with Gasteiger partial charge in [-0.2, -0.15) is 0 Å². The Balaban J connectivity index is 2.35. The van der Waals surface area contributed by atoms with E-state index in [-0.39, 0.29) is 5.41 Å². The number of halogens is 1. The summed E-state index contributed by atoms with van der Waals surface area (Å²) in [6.07, 6.45) is 0.953. The number of nitrogens with zero attached hydrogens (tertiary/aromatic N) is 1. The topological polar surface area (TPSA) is 12.9 Å². The molecule has 0 bridgehead atoms. The van der Waals surface area contributed by atoms with E-state index in [4.69, 9.17) is 0 Å². The first-order valence-corrected chi connectivity index (χ1v) is 6.59. The summed E-state index contributed by atoms with van der Waals surface area (Å²) < 4.78 is 13.3. The van der Waals surface area contributed by atoms with Crippen LogP contribution in [0.15, 0.2) is 42.6 Å². The highest BCUT2D eigenvalue weighted by Crippen LogP contribution is 2.26. The zero-order valence-corrected chi connectivity index (χ0v) is 11.9. The summed E-state index contributed by atoms with van der Waals surface area (Å²) in [6.45, 7) is 8.04. The third-order valence-electron chi connectivity index (χ3n) is 3.27. The summed E-state index contributed by atoms with van der Waals surface area (Å²) in [5.41, 5.74) is 3.84. The lowest BCUT2D eigenvalue weighted by molar-refractivity contribution is 0.374. The van der Waals surface area contributed by atoms with Gasteiger partial charge in [-0.1, -0.05) is 45.0 Å². The summed E-state index contributed by atoms with van der Waals surface area (Å²) in [4.78, 5) is 4.49. The number of benzene rings is 1. The smallest absolute Gasteiger partial charge is 0.122 e. The summed E-state index contributed by atoms with van der Waals surface area (Å²) in [7, 11) is 0. The fourth-order valence-corrected chi connectivity index (χ4v) is 1.95. The van der Waals surface area contributed by atoms with Gasteiger partial charge in [-0.3, -0.25) is 4.98 Å². The monoisotopic (exact) mass is 257 g/mol. The van der Waals surface area contributed by atoms with Gasteiger partial charge in [0.2, 0.25) is 0 Å². The average Bonchev–Trinajstić information content (AvgIpc) is 2.38. The SMILES string of the molecule is CC(F)c1cccc(-c2ccc(C(C)(C)C)cn2)c1. The molecule has 0 saturated heterocycles. The first-order valence-electron chi connectivity index (χ1n) is 6.59. The lowest BCUT2D eigenvalue weighted by atomic mass is 9.88. The van der Waals surface area contributed by atoms with Crippen LogP contribution in [0.25, 0.3) is 11.3 Å². The Morgan fingerprint density at radius 1 is 1.11 bits per heavy atom. The second-order valence-electron chi connectivity index (χ2n) is 5.92. The van der Waals surface area contributed by atoms with Crippen molar-refractivity contribution in [2.24, 2.45) is 0 Å². The van der Waals surface area contributed by atoms with Crippen LogP contribution in [0.3, 0.4) is 0 Å². The van der Waals surface area contributed by atoms with Crippen LogP contribution in [-0.4, -0.2) is 4.98 Å². The zero-order valence-electron chi connectivity index (χ0n) is 11.9. The molecule has 0 aliphatic carbocycles. The highest BCUT2D eigenvalue weighted by Gasteiger charge is 2.14. The molecule has 0 N–H and O–H groups in total. The molecule has 1 aromatic heterocycles. The quantitative estimate of drug-likeness (QED) is 0.731. The lowest BCUT2D eigenvalue weighted by Crippen LogP contribution is -2.11. The van der Waals surface area contributed by atoms with Crippen molar-refractivity contribution >= 4 is 0 Å². The maximum atomic E-state index is 13.3. The zero-order chi connectivity index (χ0) is 14.0. The van der Waals surface area contributed by atoms with Crippen LogP contribution in [0.4, 0.5) is 4.39 Å². The molecule has 1 aromatic carbocycles. The maximum absolute atomic E-state index is 13.3. The van der Waals surface area contributed by atoms with Crippen molar-refractivity contribution in [2.45, 2.75) is 39.3 Å². The second kappa shape index (κ2) is 5.12. The van der Waals surface area contributed by atoms with Gasteiger partial charge in [0.25, 0.3) is 0 Å². The molecule has 2 aromatic rings. The van der Waals surface area contributed by atoms with E-state index in [1.165, 1.54) is 5.56 Å². The Kier molecular flexibility index (Phi) is 3.70. The minimum atomic E-state index is -0.950. The minimum Gasteiger partial charge on any atom is -0.256 e. The molecule has 100 valence electrons. The minimum absolute atomic E-state index is 0.0980. The van der Waals surface area contributed by atoms with Crippen molar-refractivity contribution in [3.8, 4) is 11.3 Å². The van der Waals surface area contributed by atoms with Gasteiger partial charge in [-0.05, 0) is 35.6 Å². The Hall–Kier alpha value is -1.70. The summed E-state index contributed by atoms with van der Waals surface area (Å²) >= 11 is 0. The molecule has 1 atom stereocenters. The van der Waals surface area contributed by atoms with Crippen LogP contribution in [-0.2, 0) is 5.41 Å². The number of hydrogen-bond donors (Lipinski definition) is 0. The molecule has 0 fully saturated rings. The van der Waals surface area contributed by atoms with Crippen LogP contribution >= 0.6 is 0 Å². The molecule has 0 amide bonds. The lowest BCUT2D eigenvalue weighted by Gasteiger charge is -2.18. The first-order chi connectivity index (χ1) is 8.88. The van der Waals surface area contributed by atoms with Crippen molar-refractivity contribution in [3.05, 3.63) is 53.7 Å². The molecule has 1 unspecified atom stereocenters. The van der Waals surface area contributed by atoms with Gasteiger partial charge in [0.15, 0.2) is 0 Å². The summed E-state index contributed by atoms with van der Waals surface area (Å²) in [5, 5.41) is 0. The molecule has 0 saturated carbocycles. The average molecular weight is 257 g/mol. The van der Waals surface area contributed by atoms with Crippen LogP contribution < -0.4 is 0 Å². The molecule has 19 heavy (non-hydrogen) atoms. The van der Waals surface area contributed by atoms with Gasteiger partial charge in [-0.25, -0.2) is 4.39 Å². The van der Waals surface area contributed by atoms with Crippen molar-refractivity contribution in [1.29, 1.82) is 0 Å². The normalized spacial score (nSPS) is 13.3. The Morgan fingerprint density at radius 3 is 2.37 bits per heavy atom. The van der Waals surface area contributed by atoms with E-state index in [0.717, 1.165) is 11.3 Å². The number of pyridine rings is 1. The van der Waals surface area contributed by atoms with Crippen molar-refractivity contribution in [2.75, 3.05) is 0 Å². The van der Waals surface area contributed by atoms with E-state index in [1.807, 2.05) is 30.5 Å². The Morgan fingerprint density at radius 2 is 1.84 bits per heavy atom. The fourth-order valence-electron chi connectivity index (χ4n) is 1.95. The second-order valence-corrected chi connectivity index (χ2v) is 5.92. The van der Waals surface area contributed by atoms with E-state index in [0.29, 0.717) is 5.56 Å². The van der Waals surface area contributed by atoms with Crippen molar-refractivity contribution in [3.63, 3.8) is 0 Å². The molecule has 1 nitrogen and oxygen atoms in total. The third-order valence-corrected chi connectivity index (χ3v) is 3.27. The molecule has 1 heterocycles. The van der Waals surface area contributed by atoms with Crippen LogP contribution in [0.1, 0.15) is 45.0 Å². The largest absolute Gasteiger partial charge is 0.256 e. The molecular weight excluding hydrogens is 237 g/mol. The van der Waals surface area contributed by atoms with E-state index >= 15 is 0 Å². The predicted molar refractivity (Wildman–Crippen MR) is 77.9 cm³/mol. The van der Waals surface area contributed by atoms with Gasteiger partial charge in [0.1, 0.15) is 6.17 Å². The van der Waals surface area contributed by atoms with Gasteiger partial charge in [0.05, 0.1) is 5.69 Å². The first kappa shape index (κ1) is 13.7. The molecule has 0 radical (unpaired) electrons. The molecule has 0 spiro atoms. The Bertz CT molecular complexity index is 550. The fraction of sp³-hybridized carbons (Fsp3) is 0.353. The number of aromatic nitrogens is 1. The van der Waals surface area contributed by atoms with Crippen molar-refractivity contribution < 1.29 is 4.39 Å². The molecule has 2 heteroatoms. The van der Waals surface area contributed by atoms with E-state index in [2.05, 4.69) is 31.8 Å². The van der Waals surface area contributed by atoms with Crippen LogP contribution in [0, 0.1) is 0 Å². The number of alkyl halides is 1. The standard InChI is InChI=1S/C17H20FN/c1-12(18)13-6-5-7-14(10-13)16-9-8-15(11-19-16)17(2,3)4/h5-12H,1-4H3.